The zero-order chi connectivity index (χ0) is 20.7. The van der Waals surface area contributed by atoms with Crippen LogP contribution in [0.2, 0.25) is 5.02 Å². The van der Waals surface area contributed by atoms with E-state index in [0.29, 0.717) is 32.8 Å². The predicted molar refractivity (Wildman–Crippen MR) is 108 cm³/mol. The molecule has 0 fully saturated rings. The summed E-state index contributed by atoms with van der Waals surface area (Å²) in [6.45, 7) is -0.0392. The van der Waals surface area contributed by atoms with E-state index in [1.165, 1.54) is 6.07 Å². The zero-order valence-electron chi connectivity index (χ0n) is 15.1. The van der Waals surface area contributed by atoms with E-state index in [9.17, 15) is 19.5 Å². The van der Waals surface area contributed by atoms with Gasteiger partial charge >= 0.3 is 0 Å². The van der Waals surface area contributed by atoms with Gasteiger partial charge in [0.25, 0.3) is 17.7 Å². The van der Waals surface area contributed by atoms with Crippen molar-refractivity contribution in [2.45, 2.75) is 6.54 Å². The van der Waals surface area contributed by atoms with Crippen LogP contribution < -0.4 is 5.73 Å². The monoisotopic (exact) mass is 406 g/mol. The van der Waals surface area contributed by atoms with E-state index in [1.54, 1.807) is 54.6 Å². The van der Waals surface area contributed by atoms with Gasteiger partial charge in [0.05, 0.1) is 23.2 Å². The first kappa shape index (κ1) is 18.7. The Kier molecular flexibility index (Phi) is 4.56. The van der Waals surface area contributed by atoms with Crippen LogP contribution in [0.5, 0.6) is 5.75 Å². The number of rotatable bonds is 4. The second-order valence-corrected chi connectivity index (χ2v) is 7.05. The molecule has 0 spiro atoms. The smallest absolute Gasteiger partial charge is 0.261 e. The molecule has 1 heterocycles. The summed E-state index contributed by atoms with van der Waals surface area (Å²) < 4.78 is 0. The molecule has 4 rings (SSSR count). The summed E-state index contributed by atoms with van der Waals surface area (Å²) in [4.78, 5) is 38.1. The second kappa shape index (κ2) is 7.07. The summed E-state index contributed by atoms with van der Waals surface area (Å²) in [7, 11) is 0. The molecule has 0 unspecified atom stereocenters. The van der Waals surface area contributed by atoms with Gasteiger partial charge in [0.1, 0.15) is 5.75 Å². The van der Waals surface area contributed by atoms with Gasteiger partial charge in [0.2, 0.25) is 0 Å². The summed E-state index contributed by atoms with van der Waals surface area (Å²) in [6.07, 6.45) is 0. The van der Waals surface area contributed by atoms with E-state index in [-0.39, 0.29) is 17.9 Å². The third-order valence-corrected chi connectivity index (χ3v) is 5.10. The molecule has 7 heteroatoms. The van der Waals surface area contributed by atoms with Crippen molar-refractivity contribution in [2.24, 2.45) is 5.73 Å². The average molecular weight is 407 g/mol. The highest BCUT2D eigenvalue weighted by molar-refractivity contribution is 6.30. The summed E-state index contributed by atoms with van der Waals surface area (Å²) in [5.74, 6) is -1.83. The molecule has 29 heavy (non-hydrogen) atoms. The molecular weight excluding hydrogens is 392 g/mol. The first-order chi connectivity index (χ1) is 13.9. The number of benzene rings is 3. The summed E-state index contributed by atoms with van der Waals surface area (Å²) in [6, 6.07) is 16.2. The number of hydrogen-bond acceptors (Lipinski definition) is 4. The van der Waals surface area contributed by atoms with Gasteiger partial charge in [-0.15, -0.1) is 0 Å². The lowest BCUT2D eigenvalue weighted by Crippen LogP contribution is -2.29. The van der Waals surface area contributed by atoms with Crippen LogP contribution in [0, 0.1) is 0 Å². The lowest BCUT2D eigenvalue weighted by Gasteiger charge is -2.18. The fraction of sp³-hybridized carbons (Fsp3) is 0.0455. The highest BCUT2D eigenvalue weighted by atomic mass is 35.5. The Morgan fingerprint density at radius 3 is 2.14 bits per heavy atom. The molecule has 3 amide bonds. The van der Waals surface area contributed by atoms with Crippen LogP contribution in [0.25, 0.3) is 11.1 Å². The third-order valence-electron chi connectivity index (χ3n) is 4.87. The summed E-state index contributed by atoms with van der Waals surface area (Å²) in [5.41, 5.74) is 7.42. The molecule has 0 saturated heterocycles. The molecule has 0 aliphatic carbocycles. The third kappa shape index (κ3) is 3.13. The first-order valence-corrected chi connectivity index (χ1v) is 9.12. The molecule has 1 aliphatic heterocycles. The lowest BCUT2D eigenvalue weighted by molar-refractivity contribution is 0.0642. The number of para-hydroxylation sites is 1. The summed E-state index contributed by atoms with van der Waals surface area (Å²) >= 11 is 6.15. The van der Waals surface area contributed by atoms with Gasteiger partial charge in [0, 0.05) is 10.6 Å². The number of carbonyl (C=O) groups excluding carboxylic acids is 3. The number of imide groups is 1. The van der Waals surface area contributed by atoms with Crippen LogP contribution in [-0.4, -0.2) is 27.7 Å². The lowest BCUT2D eigenvalue weighted by atomic mass is 9.96. The van der Waals surface area contributed by atoms with Crippen LogP contribution in [0.15, 0.2) is 60.7 Å². The van der Waals surface area contributed by atoms with Gasteiger partial charge in [-0.25, -0.2) is 0 Å². The Balaban J connectivity index is 1.79. The number of carbonyl (C=O) groups is 3. The number of nitrogens with two attached hydrogens (primary N) is 1. The molecule has 1 aliphatic rings. The van der Waals surface area contributed by atoms with Gasteiger partial charge in [-0.1, -0.05) is 41.9 Å². The van der Waals surface area contributed by atoms with Crippen molar-refractivity contribution >= 4 is 29.3 Å². The highest BCUT2D eigenvalue weighted by Gasteiger charge is 2.35. The molecular formula is C22H15ClN2O4. The van der Waals surface area contributed by atoms with Gasteiger partial charge in [-0.05, 0) is 41.5 Å². The topological polar surface area (TPSA) is 101 Å². The van der Waals surface area contributed by atoms with Crippen LogP contribution in [0.3, 0.4) is 0 Å². The molecule has 0 radical (unpaired) electrons. The SMILES string of the molecule is NC(=O)c1cccc(-c2ccc(Cl)cc2CN2C(=O)c3ccccc3C2=O)c1O. The number of phenols is 1. The molecule has 0 bridgehead atoms. The van der Waals surface area contributed by atoms with Gasteiger partial charge in [0.15, 0.2) is 0 Å². The van der Waals surface area contributed by atoms with Gasteiger partial charge < -0.3 is 10.8 Å². The van der Waals surface area contributed by atoms with Gasteiger partial charge in [-0.3, -0.25) is 19.3 Å². The molecule has 0 atom stereocenters. The molecule has 0 aromatic heterocycles. The van der Waals surface area contributed by atoms with E-state index < -0.39 is 17.7 Å². The number of aromatic hydroxyl groups is 1. The van der Waals surface area contributed by atoms with E-state index in [1.807, 2.05) is 0 Å². The average Bonchev–Trinajstić information content (AvgIpc) is 2.94. The molecule has 3 aromatic rings. The van der Waals surface area contributed by atoms with Crippen LogP contribution in [-0.2, 0) is 6.54 Å². The molecule has 0 saturated carbocycles. The molecule has 144 valence electrons. The molecule has 6 nitrogen and oxygen atoms in total. The maximum atomic E-state index is 12.7. The zero-order valence-corrected chi connectivity index (χ0v) is 15.8. The Bertz CT molecular complexity index is 1150. The quantitative estimate of drug-likeness (QED) is 0.646. The molecule has 3 aromatic carbocycles. The predicted octanol–water partition coefficient (Wildman–Crippen LogP) is 3.61. The van der Waals surface area contributed by atoms with Crippen LogP contribution in [0.1, 0.15) is 36.6 Å². The Hall–Kier alpha value is -3.64. The van der Waals surface area contributed by atoms with Crippen molar-refractivity contribution in [3.63, 3.8) is 0 Å². The minimum absolute atomic E-state index is 0.0240. The first-order valence-electron chi connectivity index (χ1n) is 8.74. The minimum atomic E-state index is -0.764. The Morgan fingerprint density at radius 2 is 1.52 bits per heavy atom. The van der Waals surface area contributed by atoms with E-state index in [4.69, 9.17) is 17.3 Å². The second-order valence-electron chi connectivity index (χ2n) is 6.61. The van der Waals surface area contributed by atoms with Gasteiger partial charge in [-0.2, -0.15) is 0 Å². The maximum absolute atomic E-state index is 12.7. The number of halogens is 1. The van der Waals surface area contributed by atoms with Crippen molar-refractivity contribution in [3.05, 3.63) is 87.9 Å². The highest BCUT2D eigenvalue weighted by Crippen LogP contribution is 2.36. The maximum Gasteiger partial charge on any atom is 0.261 e. The van der Waals surface area contributed by atoms with Crippen LogP contribution >= 0.6 is 11.6 Å². The Labute approximate surface area is 171 Å². The summed E-state index contributed by atoms with van der Waals surface area (Å²) in [5, 5.41) is 10.9. The number of fused-ring (bicyclic) bond motifs is 1. The Morgan fingerprint density at radius 1 is 0.897 bits per heavy atom. The largest absolute Gasteiger partial charge is 0.506 e. The van der Waals surface area contributed by atoms with E-state index in [0.717, 1.165) is 4.90 Å². The number of primary amides is 1. The van der Waals surface area contributed by atoms with Crippen molar-refractivity contribution in [3.8, 4) is 16.9 Å². The van der Waals surface area contributed by atoms with Crippen molar-refractivity contribution in [2.75, 3.05) is 0 Å². The van der Waals surface area contributed by atoms with Crippen molar-refractivity contribution < 1.29 is 19.5 Å². The van der Waals surface area contributed by atoms with E-state index >= 15 is 0 Å². The number of amides is 3. The number of hydrogen-bond donors (Lipinski definition) is 2. The fourth-order valence-electron chi connectivity index (χ4n) is 3.47. The van der Waals surface area contributed by atoms with Crippen molar-refractivity contribution in [1.29, 1.82) is 0 Å². The van der Waals surface area contributed by atoms with Crippen LogP contribution in [0.4, 0.5) is 0 Å². The van der Waals surface area contributed by atoms with E-state index in [2.05, 4.69) is 0 Å². The fourth-order valence-corrected chi connectivity index (χ4v) is 3.66. The number of nitrogens with zero attached hydrogens (tertiary/aromatic N) is 1. The van der Waals surface area contributed by atoms with Crippen molar-refractivity contribution in [1.82, 2.24) is 4.90 Å². The minimum Gasteiger partial charge on any atom is -0.506 e. The normalized spacial score (nSPS) is 12.9. The molecule has 3 N–H and O–H groups in total. The standard InChI is InChI=1S/C22H15ClN2O4/c23-13-8-9-14(15-6-3-7-18(19(15)26)20(24)27)12(10-13)11-25-21(28)16-4-1-2-5-17(16)22(25)29/h1-10,26H,11H2,(H2,24,27).